The van der Waals surface area contributed by atoms with Crippen molar-refractivity contribution in [3.63, 3.8) is 0 Å². The highest BCUT2D eigenvalue weighted by atomic mass is 16.4. The SMILES string of the molecule is CN(Cc1ccccc1C(=O)O)C(C)(C)CO. The van der Waals surface area contributed by atoms with E-state index in [2.05, 4.69) is 0 Å². The van der Waals surface area contributed by atoms with Crippen LogP contribution in [0.15, 0.2) is 24.3 Å². The quantitative estimate of drug-likeness (QED) is 0.816. The average molecular weight is 237 g/mol. The van der Waals surface area contributed by atoms with Crippen LogP contribution in [0, 0.1) is 0 Å². The number of nitrogens with zero attached hydrogens (tertiary/aromatic N) is 1. The van der Waals surface area contributed by atoms with E-state index in [1.54, 1.807) is 18.2 Å². The molecule has 0 spiro atoms. The van der Waals surface area contributed by atoms with Crippen molar-refractivity contribution in [3.05, 3.63) is 35.4 Å². The number of rotatable bonds is 5. The average Bonchev–Trinajstić information content (AvgIpc) is 2.29. The van der Waals surface area contributed by atoms with Gasteiger partial charge in [0.05, 0.1) is 12.2 Å². The van der Waals surface area contributed by atoms with Gasteiger partial charge in [-0.05, 0) is 32.5 Å². The highest BCUT2D eigenvalue weighted by Crippen LogP contribution is 2.17. The first-order valence-electron chi connectivity index (χ1n) is 5.52. The Hall–Kier alpha value is -1.39. The molecule has 0 unspecified atom stereocenters. The van der Waals surface area contributed by atoms with Gasteiger partial charge in [0.15, 0.2) is 0 Å². The van der Waals surface area contributed by atoms with Gasteiger partial charge in [-0.15, -0.1) is 0 Å². The third-order valence-corrected chi connectivity index (χ3v) is 3.08. The Kier molecular flexibility index (Phi) is 4.26. The molecule has 0 aliphatic heterocycles. The maximum Gasteiger partial charge on any atom is 0.336 e. The first-order chi connectivity index (χ1) is 7.88. The highest BCUT2D eigenvalue weighted by molar-refractivity contribution is 5.89. The lowest BCUT2D eigenvalue weighted by Gasteiger charge is -2.34. The standard InChI is InChI=1S/C13H19NO3/c1-13(2,9-15)14(3)8-10-6-4-5-7-11(10)12(16)17/h4-7,15H,8-9H2,1-3H3,(H,16,17). The summed E-state index contributed by atoms with van der Waals surface area (Å²) in [6.07, 6.45) is 0. The molecule has 0 radical (unpaired) electrons. The van der Waals surface area contributed by atoms with Gasteiger partial charge in [-0.1, -0.05) is 18.2 Å². The van der Waals surface area contributed by atoms with Crippen LogP contribution in [0.2, 0.25) is 0 Å². The van der Waals surface area contributed by atoms with Crippen molar-refractivity contribution in [2.24, 2.45) is 0 Å². The van der Waals surface area contributed by atoms with Gasteiger partial charge in [0.25, 0.3) is 0 Å². The third-order valence-electron chi connectivity index (χ3n) is 3.08. The third kappa shape index (κ3) is 3.28. The number of aliphatic hydroxyl groups is 1. The second-order valence-electron chi connectivity index (χ2n) is 4.79. The van der Waals surface area contributed by atoms with Crippen molar-refractivity contribution in [2.45, 2.75) is 25.9 Å². The molecule has 4 nitrogen and oxygen atoms in total. The maximum atomic E-state index is 11.1. The summed E-state index contributed by atoms with van der Waals surface area (Å²) in [6, 6.07) is 6.93. The number of benzene rings is 1. The Morgan fingerprint density at radius 1 is 1.35 bits per heavy atom. The van der Waals surface area contributed by atoms with E-state index in [1.807, 2.05) is 31.9 Å². The van der Waals surface area contributed by atoms with E-state index in [-0.39, 0.29) is 12.1 Å². The van der Waals surface area contributed by atoms with Crippen LogP contribution in [-0.4, -0.2) is 40.3 Å². The van der Waals surface area contributed by atoms with Crippen molar-refractivity contribution in [2.75, 3.05) is 13.7 Å². The number of aromatic carboxylic acids is 1. The maximum absolute atomic E-state index is 11.1. The first-order valence-corrected chi connectivity index (χ1v) is 5.52. The van der Waals surface area contributed by atoms with Crippen LogP contribution in [0.1, 0.15) is 29.8 Å². The summed E-state index contributed by atoms with van der Waals surface area (Å²) >= 11 is 0. The molecule has 1 aromatic carbocycles. The van der Waals surface area contributed by atoms with E-state index in [9.17, 15) is 9.90 Å². The van der Waals surface area contributed by atoms with E-state index < -0.39 is 5.97 Å². The number of hydrogen-bond acceptors (Lipinski definition) is 3. The van der Waals surface area contributed by atoms with E-state index in [0.29, 0.717) is 12.1 Å². The smallest absolute Gasteiger partial charge is 0.336 e. The Morgan fingerprint density at radius 3 is 2.47 bits per heavy atom. The van der Waals surface area contributed by atoms with E-state index in [4.69, 9.17) is 5.11 Å². The number of carbonyl (C=O) groups is 1. The molecule has 0 aliphatic rings. The van der Waals surface area contributed by atoms with Gasteiger partial charge in [-0.25, -0.2) is 4.79 Å². The molecule has 1 aromatic rings. The lowest BCUT2D eigenvalue weighted by atomic mass is 10.0. The minimum atomic E-state index is -0.921. The Bertz CT molecular complexity index is 401. The summed E-state index contributed by atoms with van der Waals surface area (Å²) < 4.78 is 0. The lowest BCUT2D eigenvalue weighted by Crippen LogP contribution is -2.43. The van der Waals surface area contributed by atoms with Crippen LogP contribution >= 0.6 is 0 Å². The van der Waals surface area contributed by atoms with Crippen LogP contribution in [0.3, 0.4) is 0 Å². The summed E-state index contributed by atoms with van der Waals surface area (Å²) in [4.78, 5) is 13.0. The fourth-order valence-corrected chi connectivity index (χ4v) is 1.46. The first kappa shape index (κ1) is 13.7. The van der Waals surface area contributed by atoms with Crippen LogP contribution < -0.4 is 0 Å². The molecule has 4 heteroatoms. The van der Waals surface area contributed by atoms with Gasteiger partial charge in [-0.3, -0.25) is 4.90 Å². The van der Waals surface area contributed by atoms with Gasteiger partial charge in [0.2, 0.25) is 0 Å². The lowest BCUT2D eigenvalue weighted by molar-refractivity contribution is 0.0669. The van der Waals surface area contributed by atoms with Gasteiger partial charge < -0.3 is 10.2 Å². The second-order valence-corrected chi connectivity index (χ2v) is 4.79. The fourth-order valence-electron chi connectivity index (χ4n) is 1.46. The zero-order chi connectivity index (χ0) is 13.1. The Morgan fingerprint density at radius 2 is 1.94 bits per heavy atom. The van der Waals surface area contributed by atoms with E-state index in [0.717, 1.165) is 5.56 Å². The molecule has 1 rings (SSSR count). The molecule has 0 heterocycles. The molecule has 0 fully saturated rings. The molecule has 0 saturated carbocycles. The minimum absolute atomic E-state index is 0.0265. The number of carboxylic acid groups (broad SMARTS) is 1. The predicted molar refractivity (Wildman–Crippen MR) is 66.0 cm³/mol. The monoisotopic (exact) mass is 237 g/mol. The molecule has 94 valence electrons. The second kappa shape index (κ2) is 5.29. The molecule has 2 N–H and O–H groups in total. The molecule has 0 atom stereocenters. The van der Waals surface area contributed by atoms with Gasteiger partial charge in [-0.2, -0.15) is 0 Å². The number of hydrogen-bond donors (Lipinski definition) is 2. The molecule has 0 aromatic heterocycles. The molecule has 0 aliphatic carbocycles. The summed E-state index contributed by atoms with van der Waals surface area (Å²) in [5, 5.41) is 18.3. The Balaban J connectivity index is 2.92. The Labute approximate surface area is 101 Å². The normalized spacial score (nSPS) is 11.8. The van der Waals surface area contributed by atoms with Crippen LogP contribution in [0.5, 0.6) is 0 Å². The largest absolute Gasteiger partial charge is 0.478 e. The minimum Gasteiger partial charge on any atom is -0.478 e. The zero-order valence-corrected chi connectivity index (χ0v) is 10.5. The van der Waals surface area contributed by atoms with Gasteiger partial charge >= 0.3 is 5.97 Å². The highest BCUT2D eigenvalue weighted by Gasteiger charge is 2.23. The number of carboxylic acids is 1. The molecule has 0 saturated heterocycles. The predicted octanol–water partition coefficient (Wildman–Crippen LogP) is 1.59. The molecule has 17 heavy (non-hydrogen) atoms. The van der Waals surface area contributed by atoms with E-state index in [1.165, 1.54) is 0 Å². The van der Waals surface area contributed by atoms with Crippen LogP contribution in [-0.2, 0) is 6.54 Å². The fraction of sp³-hybridized carbons (Fsp3) is 0.462. The number of likely N-dealkylation sites (N-methyl/N-ethyl adjacent to an activating group) is 1. The van der Waals surface area contributed by atoms with Crippen molar-refractivity contribution in [3.8, 4) is 0 Å². The summed E-state index contributed by atoms with van der Waals surface area (Å²) in [6.45, 7) is 4.35. The van der Waals surface area contributed by atoms with Crippen molar-refractivity contribution in [1.29, 1.82) is 0 Å². The van der Waals surface area contributed by atoms with Crippen LogP contribution in [0.4, 0.5) is 0 Å². The zero-order valence-electron chi connectivity index (χ0n) is 10.5. The van der Waals surface area contributed by atoms with Crippen molar-refractivity contribution >= 4 is 5.97 Å². The topological polar surface area (TPSA) is 60.8 Å². The van der Waals surface area contributed by atoms with Crippen molar-refractivity contribution < 1.29 is 15.0 Å². The van der Waals surface area contributed by atoms with Gasteiger partial charge in [0.1, 0.15) is 0 Å². The van der Waals surface area contributed by atoms with Crippen molar-refractivity contribution in [1.82, 2.24) is 4.90 Å². The number of aliphatic hydroxyl groups excluding tert-OH is 1. The molecule has 0 amide bonds. The molecular formula is C13H19NO3. The summed E-state index contributed by atoms with van der Waals surface area (Å²) in [7, 11) is 1.87. The summed E-state index contributed by atoms with van der Waals surface area (Å²) in [5.41, 5.74) is 0.697. The van der Waals surface area contributed by atoms with Crippen LogP contribution in [0.25, 0.3) is 0 Å². The summed E-state index contributed by atoms with van der Waals surface area (Å²) in [5.74, 6) is -0.921. The molecular weight excluding hydrogens is 218 g/mol. The van der Waals surface area contributed by atoms with Gasteiger partial charge in [0, 0.05) is 12.1 Å². The molecule has 0 bridgehead atoms. The van der Waals surface area contributed by atoms with E-state index >= 15 is 0 Å².